The van der Waals surface area contributed by atoms with Gasteiger partial charge in [0.25, 0.3) is 0 Å². The molecule has 3 rings (SSSR count). The number of alkyl halides is 2. The second-order valence-corrected chi connectivity index (χ2v) is 5.95. The van der Waals surface area contributed by atoms with Gasteiger partial charge in [0.15, 0.2) is 5.15 Å². The van der Waals surface area contributed by atoms with E-state index in [-0.39, 0.29) is 17.3 Å². The Morgan fingerprint density at radius 1 is 1.00 bits per heavy atom. The van der Waals surface area contributed by atoms with Crippen LogP contribution in [-0.2, 0) is 6.42 Å². The highest BCUT2D eigenvalue weighted by molar-refractivity contribution is 6.36. The fourth-order valence-electron chi connectivity index (χ4n) is 2.24. The topological polar surface area (TPSA) is 47.9 Å². The van der Waals surface area contributed by atoms with Gasteiger partial charge in [0, 0.05) is 29.6 Å². The summed E-state index contributed by atoms with van der Waals surface area (Å²) in [5.41, 5.74) is 1.19. The van der Waals surface area contributed by atoms with E-state index in [0.717, 1.165) is 0 Å². The van der Waals surface area contributed by atoms with E-state index in [2.05, 4.69) is 19.9 Å². The Labute approximate surface area is 150 Å². The van der Waals surface area contributed by atoms with Gasteiger partial charge < -0.3 is 4.74 Å². The van der Waals surface area contributed by atoms with Gasteiger partial charge in [-0.25, -0.2) is 0 Å². The maximum atomic E-state index is 12.4. The molecule has 0 aliphatic carbocycles. The number of nitrogens with zero attached hydrogens (tertiary/aromatic N) is 3. The largest absolute Gasteiger partial charge is 0.435 e. The average molecular weight is 391 g/mol. The van der Waals surface area contributed by atoms with Gasteiger partial charge >= 0.3 is 6.61 Å². The third-order valence-corrected chi connectivity index (χ3v) is 4.24. The Hall–Kier alpha value is -1.76. The van der Waals surface area contributed by atoms with Crippen LogP contribution < -0.4 is 4.74 Å². The number of benzene rings is 1. The van der Waals surface area contributed by atoms with Crippen LogP contribution >= 0.6 is 34.8 Å². The number of hydrogen-bond acceptors (Lipinski definition) is 4. The van der Waals surface area contributed by atoms with E-state index in [0.29, 0.717) is 32.1 Å². The Bertz CT molecular complexity index is 888. The van der Waals surface area contributed by atoms with Crippen LogP contribution in [-0.4, -0.2) is 21.8 Å². The lowest BCUT2D eigenvalue weighted by Crippen LogP contribution is -2.03. The zero-order valence-corrected chi connectivity index (χ0v) is 14.1. The second kappa shape index (κ2) is 7.01. The van der Waals surface area contributed by atoms with Crippen molar-refractivity contribution in [1.29, 1.82) is 0 Å². The fourth-order valence-corrected chi connectivity index (χ4v) is 2.93. The first-order valence-electron chi connectivity index (χ1n) is 6.63. The minimum Gasteiger partial charge on any atom is -0.435 e. The first-order chi connectivity index (χ1) is 11.5. The number of pyridine rings is 1. The molecule has 124 valence electrons. The lowest BCUT2D eigenvalue weighted by molar-refractivity contribution is -0.0497. The van der Waals surface area contributed by atoms with E-state index >= 15 is 0 Å². The Kier molecular flexibility index (Phi) is 4.99. The van der Waals surface area contributed by atoms with Crippen molar-refractivity contribution in [3.8, 4) is 5.75 Å². The Balaban J connectivity index is 2.07. The number of rotatable bonds is 4. The summed E-state index contributed by atoms with van der Waals surface area (Å²) in [5.74, 6) is -0.0154. The van der Waals surface area contributed by atoms with Gasteiger partial charge in [-0.05, 0) is 23.8 Å². The highest BCUT2D eigenvalue weighted by Gasteiger charge is 2.14. The molecule has 0 atom stereocenters. The van der Waals surface area contributed by atoms with Gasteiger partial charge in [-0.3, -0.25) is 4.98 Å². The molecule has 0 aliphatic rings. The van der Waals surface area contributed by atoms with Crippen LogP contribution in [0.1, 0.15) is 11.3 Å². The Morgan fingerprint density at radius 2 is 1.71 bits per heavy atom. The van der Waals surface area contributed by atoms with Crippen molar-refractivity contribution in [2.75, 3.05) is 0 Å². The maximum Gasteiger partial charge on any atom is 0.387 e. The molecule has 2 aromatic heterocycles. The summed E-state index contributed by atoms with van der Waals surface area (Å²) in [5, 5.41) is 9.88. The first kappa shape index (κ1) is 17.1. The summed E-state index contributed by atoms with van der Waals surface area (Å²) in [6, 6.07) is 4.38. The van der Waals surface area contributed by atoms with E-state index < -0.39 is 6.61 Å². The van der Waals surface area contributed by atoms with Crippen molar-refractivity contribution in [2.24, 2.45) is 0 Å². The maximum absolute atomic E-state index is 12.4. The van der Waals surface area contributed by atoms with E-state index in [1.54, 1.807) is 6.07 Å². The van der Waals surface area contributed by atoms with Crippen molar-refractivity contribution >= 4 is 45.6 Å². The molecule has 0 fully saturated rings. The van der Waals surface area contributed by atoms with Crippen molar-refractivity contribution < 1.29 is 13.5 Å². The molecule has 0 radical (unpaired) electrons. The van der Waals surface area contributed by atoms with Gasteiger partial charge in [-0.1, -0.05) is 34.8 Å². The molecule has 0 unspecified atom stereocenters. The smallest absolute Gasteiger partial charge is 0.387 e. The van der Waals surface area contributed by atoms with Crippen LogP contribution in [0.25, 0.3) is 10.8 Å². The molecule has 0 amide bonds. The molecule has 0 bridgehead atoms. The van der Waals surface area contributed by atoms with Gasteiger partial charge in [0.1, 0.15) is 5.75 Å². The lowest BCUT2D eigenvalue weighted by Gasteiger charge is -2.10. The lowest BCUT2D eigenvalue weighted by atomic mass is 10.1. The van der Waals surface area contributed by atoms with E-state index in [1.807, 2.05) is 0 Å². The van der Waals surface area contributed by atoms with Crippen LogP contribution in [0.15, 0.2) is 30.6 Å². The molecule has 0 N–H and O–H groups in total. The van der Waals surface area contributed by atoms with Crippen molar-refractivity contribution in [3.05, 3.63) is 57.0 Å². The van der Waals surface area contributed by atoms with Crippen LogP contribution in [0.2, 0.25) is 15.2 Å². The number of hydrogen-bond donors (Lipinski definition) is 0. The summed E-state index contributed by atoms with van der Waals surface area (Å²) in [4.78, 5) is 3.89. The molecule has 0 spiro atoms. The third kappa shape index (κ3) is 3.50. The van der Waals surface area contributed by atoms with E-state index in [1.165, 1.54) is 24.5 Å². The van der Waals surface area contributed by atoms with Crippen LogP contribution in [0.5, 0.6) is 5.75 Å². The molecule has 24 heavy (non-hydrogen) atoms. The van der Waals surface area contributed by atoms with Crippen molar-refractivity contribution in [2.45, 2.75) is 13.0 Å². The molecule has 4 nitrogen and oxygen atoms in total. The zero-order chi connectivity index (χ0) is 17.3. The highest BCUT2D eigenvalue weighted by Crippen LogP contribution is 2.31. The third-order valence-electron chi connectivity index (χ3n) is 3.30. The van der Waals surface area contributed by atoms with Crippen LogP contribution in [0.4, 0.5) is 8.78 Å². The summed E-state index contributed by atoms with van der Waals surface area (Å²) in [6.45, 7) is -2.93. The molecule has 0 saturated heterocycles. The number of fused-ring (bicyclic) bond motifs is 1. The highest BCUT2D eigenvalue weighted by atomic mass is 35.5. The number of ether oxygens (including phenoxy) is 1. The van der Waals surface area contributed by atoms with Crippen LogP contribution in [0, 0.1) is 0 Å². The number of aromatic nitrogens is 3. The van der Waals surface area contributed by atoms with Gasteiger partial charge in [-0.2, -0.15) is 13.9 Å². The molecule has 2 heterocycles. The van der Waals surface area contributed by atoms with E-state index in [9.17, 15) is 8.78 Å². The molecular formula is C15H8Cl3F2N3O. The minimum atomic E-state index is -2.93. The summed E-state index contributed by atoms with van der Waals surface area (Å²) in [7, 11) is 0. The Morgan fingerprint density at radius 3 is 2.38 bits per heavy atom. The molecular weight excluding hydrogens is 383 g/mol. The molecule has 9 heteroatoms. The monoisotopic (exact) mass is 389 g/mol. The molecule has 0 aliphatic heterocycles. The standard InChI is InChI=1S/C15H8Cl3F2N3O/c16-11-5-21-6-12(17)10(11)4-13-8-2-1-7(24-15(19)20)3-9(8)14(18)23-22-13/h1-3,5-6,15H,4H2. The quantitative estimate of drug-likeness (QED) is 0.616. The van der Waals surface area contributed by atoms with Crippen LogP contribution in [0.3, 0.4) is 0 Å². The normalized spacial score (nSPS) is 11.2. The number of halogens is 5. The SMILES string of the molecule is FC(F)Oc1ccc2c(Cc3c(Cl)cncc3Cl)nnc(Cl)c2c1. The van der Waals surface area contributed by atoms with Gasteiger partial charge in [0.2, 0.25) is 0 Å². The van der Waals surface area contributed by atoms with Crippen molar-refractivity contribution in [1.82, 2.24) is 15.2 Å². The molecule has 3 aromatic rings. The second-order valence-electron chi connectivity index (χ2n) is 4.78. The fraction of sp³-hybridized carbons (Fsp3) is 0.133. The summed E-state index contributed by atoms with van der Waals surface area (Å²) < 4.78 is 29.1. The first-order valence-corrected chi connectivity index (χ1v) is 7.76. The minimum absolute atomic E-state index is 0.0154. The summed E-state index contributed by atoms with van der Waals surface area (Å²) in [6.07, 6.45) is 3.24. The van der Waals surface area contributed by atoms with Crippen molar-refractivity contribution in [3.63, 3.8) is 0 Å². The summed E-state index contributed by atoms with van der Waals surface area (Å²) >= 11 is 18.3. The molecule has 0 saturated carbocycles. The predicted octanol–water partition coefficient (Wildman–Crippen LogP) is 5.18. The van der Waals surface area contributed by atoms with E-state index in [4.69, 9.17) is 34.8 Å². The predicted molar refractivity (Wildman–Crippen MR) is 88.2 cm³/mol. The van der Waals surface area contributed by atoms with Gasteiger partial charge in [-0.15, -0.1) is 5.10 Å². The zero-order valence-electron chi connectivity index (χ0n) is 11.8. The average Bonchev–Trinajstić information content (AvgIpc) is 2.53. The van der Waals surface area contributed by atoms with Gasteiger partial charge in [0.05, 0.1) is 15.7 Å². The molecule has 1 aromatic carbocycles.